The van der Waals surface area contributed by atoms with Gasteiger partial charge in [-0.1, -0.05) is 23.7 Å². The summed E-state index contributed by atoms with van der Waals surface area (Å²) in [7, 11) is 0. The molecule has 0 bridgehead atoms. The Morgan fingerprint density at radius 2 is 1.73 bits per heavy atom. The molecule has 0 aliphatic carbocycles. The molecule has 1 aromatic heterocycles. The van der Waals surface area contributed by atoms with Gasteiger partial charge in [-0.05, 0) is 49.7 Å². The topological polar surface area (TPSA) is 86.0 Å². The second kappa shape index (κ2) is 8.21. The second-order valence-corrected chi connectivity index (χ2v) is 6.04. The number of nitrogens with two attached hydrogens (primary N) is 1. The van der Waals surface area contributed by atoms with Gasteiger partial charge in [0, 0.05) is 10.6 Å². The molecule has 0 amide bonds. The van der Waals surface area contributed by atoms with Crippen LogP contribution in [-0.2, 0) is 0 Å². The smallest absolute Gasteiger partial charge is 0.181 e. The van der Waals surface area contributed by atoms with Gasteiger partial charge < -0.3 is 15.2 Å². The molecule has 136 valence electrons. The van der Waals surface area contributed by atoms with Gasteiger partial charge in [0.25, 0.3) is 0 Å². The molecule has 1 unspecified atom stereocenters. The molecule has 26 heavy (non-hydrogen) atoms. The molecule has 0 fully saturated rings. The van der Waals surface area contributed by atoms with E-state index in [0.717, 1.165) is 11.1 Å². The first kappa shape index (κ1) is 18.2. The molecule has 0 radical (unpaired) electrons. The van der Waals surface area contributed by atoms with Crippen molar-refractivity contribution in [2.45, 2.75) is 19.9 Å². The summed E-state index contributed by atoms with van der Waals surface area (Å²) < 4.78 is 11.2. The summed E-state index contributed by atoms with van der Waals surface area (Å²) in [5.41, 5.74) is 8.00. The van der Waals surface area contributed by atoms with Crippen LogP contribution in [0.3, 0.4) is 0 Å². The lowest BCUT2D eigenvalue weighted by Crippen LogP contribution is -2.13. The van der Waals surface area contributed by atoms with Gasteiger partial charge in [0.2, 0.25) is 0 Å². The Morgan fingerprint density at radius 1 is 1.04 bits per heavy atom. The molecule has 6 nitrogen and oxygen atoms in total. The second-order valence-electron chi connectivity index (χ2n) is 5.60. The molecule has 0 saturated carbocycles. The third-order valence-corrected chi connectivity index (χ3v) is 4.08. The van der Waals surface area contributed by atoms with E-state index in [9.17, 15) is 0 Å². The minimum atomic E-state index is -0.414. The quantitative estimate of drug-likeness (QED) is 0.655. The first-order valence-electron chi connectivity index (χ1n) is 8.45. The van der Waals surface area contributed by atoms with E-state index >= 15 is 0 Å². The van der Waals surface area contributed by atoms with Crippen LogP contribution >= 0.6 is 11.6 Å². The van der Waals surface area contributed by atoms with Crippen LogP contribution in [0.15, 0.2) is 42.5 Å². The van der Waals surface area contributed by atoms with Gasteiger partial charge in [-0.15, -0.1) is 0 Å². The number of halogens is 1. The van der Waals surface area contributed by atoms with Crippen molar-refractivity contribution in [3.8, 4) is 22.9 Å². The van der Waals surface area contributed by atoms with E-state index in [1.54, 1.807) is 12.1 Å². The van der Waals surface area contributed by atoms with Crippen molar-refractivity contribution >= 4 is 11.6 Å². The molecular formula is C19H21ClN4O2. The molecule has 7 heteroatoms. The van der Waals surface area contributed by atoms with E-state index in [-0.39, 0.29) is 0 Å². The van der Waals surface area contributed by atoms with Gasteiger partial charge in [-0.25, -0.2) is 4.98 Å². The first-order valence-corrected chi connectivity index (χ1v) is 8.83. The number of aromatic amines is 1. The molecule has 1 heterocycles. The van der Waals surface area contributed by atoms with Crippen LogP contribution in [0.4, 0.5) is 0 Å². The highest BCUT2D eigenvalue weighted by Gasteiger charge is 2.16. The van der Waals surface area contributed by atoms with E-state index in [2.05, 4.69) is 15.2 Å². The number of hydrogen-bond acceptors (Lipinski definition) is 5. The van der Waals surface area contributed by atoms with Crippen molar-refractivity contribution in [2.75, 3.05) is 13.2 Å². The van der Waals surface area contributed by atoms with E-state index in [0.29, 0.717) is 41.4 Å². The Kier molecular flexibility index (Phi) is 5.75. The number of hydrogen-bond donors (Lipinski definition) is 2. The van der Waals surface area contributed by atoms with Crippen LogP contribution in [0.5, 0.6) is 11.5 Å². The summed E-state index contributed by atoms with van der Waals surface area (Å²) in [6, 6.07) is 12.6. The van der Waals surface area contributed by atoms with Crippen molar-refractivity contribution < 1.29 is 9.47 Å². The van der Waals surface area contributed by atoms with Gasteiger partial charge in [0.05, 0.1) is 19.3 Å². The number of H-pyrrole nitrogens is 1. The monoisotopic (exact) mass is 372 g/mol. The predicted molar refractivity (Wildman–Crippen MR) is 102 cm³/mol. The Balaban J connectivity index is 1.87. The summed E-state index contributed by atoms with van der Waals surface area (Å²) in [6.07, 6.45) is 0. The highest BCUT2D eigenvalue weighted by molar-refractivity contribution is 6.30. The minimum absolute atomic E-state index is 0.414. The molecule has 3 N–H and O–H groups in total. The van der Waals surface area contributed by atoms with Crippen molar-refractivity contribution in [1.82, 2.24) is 15.2 Å². The van der Waals surface area contributed by atoms with Crippen LogP contribution < -0.4 is 15.2 Å². The Labute approximate surface area is 157 Å². The lowest BCUT2D eigenvalue weighted by molar-refractivity contribution is 0.288. The van der Waals surface area contributed by atoms with Crippen molar-refractivity contribution in [2.24, 2.45) is 5.73 Å². The Hall–Kier alpha value is -2.57. The first-order chi connectivity index (χ1) is 12.6. The number of benzene rings is 2. The fourth-order valence-corrected chi connectivity index (χ4v) is 2.69. The van der Waals surface area contributed by atoms with Gasteiger partial charge in [0.15, 0.2) is 17.3 Å². The molecule has 0 aliphatic heterocycles. The van der Waals surface area contributed by atoms with E-state index in [1.165, 1.54) is 0 Å². The number of nitrogens with one attached hydrogen (secondary N) is 1. The summed E-state index contributed by atoms with van der Waals surface area (Å²) >= 11 is 5.92. The zero-order valence-corrected chi connectivity index (χ0v) is 15.5. The fourth-order valence-electron chi connectivity index (χ4n) is 2.56. The highest BCUT2D eigenvalue weighted by atomic mass is 35.5. The SMILES string of the molecule is CCOc1ccc(-c2n[nH]c(C(N)c3ccc(Cl)cc3)n2)cc1OCC. The van der Waals surface area contributed by atoms with Crippen LogP contribution in [0.25, 0.3) is 11.4 Å². The van der Waals surface area contributed by atoms with Crippen molar-refractivity contribution in [3.63, 3.8) is 0 Å². The summed E-state index contributed by atoms with van der Waals surface area (Å²) in [5, 5.41) is 7.87. The van der Waals surface area contributed by atoms with Gasteiger partial charge in [-0.3, -0.25) is 5.10 Å². The average molecular weight is 373 g/mol. The average Bonchev–Trinajstić information content (AvgIpc) is 3.14. The molecule has 3 rings (SSSR count). The van der Waals surface area contributed by atoms with E-state index in [1.807, 2.05) is 44.2 Å². The summed E-state index contributed by atoms with van der Waals surface area (Å²) in [5.74, 6) is 2.49. The Morgan fingerprint density at radius 3 is 2.42 bits per heavy atom. The molecule has 2 aromatic carbocycles. The molecule has 0 spiro atoms. The number of aromatic nitrogens is 3. The van der Waals surface area contributed by atoms with Crippen LogP contribution in [0, 0.1) is 0 Å². The van der Waals surface area contributed by atoms with Gasteiger partial charge >= 0.3 is 0 Å². The van der Waals surface area contributed by atoms with Crippen LogP contribution in [-0.4, -0.2) is 28.4 Å². The highest BCUT2D eigenvalue weighted by Crippen LogP contribution is 2.32. The normalized spacial score (nSPS) is 12.0. The summed E-state index contributed by atoms with van der Waals surface area (Å²) in [4.78, 5) is 4.54. The molecule has 0 aliphatic rings. The third kappa shape index (κ3) is 3.98. The van der Waals surface area contributed by atoms with Crippen LogP contribution in [0.1, 0.15) is 31.3 Å². The van der Waals surface area contributed by atoms with E-state index in [4.69, 9.17) is 26.8 Å². The lowest BCUT2D eigenvalue weighted by atomic mass is 10.1. The maximum Gasteiger partial charge on any atom is 0.181 e. The Bertz CT molecular complexity index is 864. The number of rotatable bonds is 7. The molecule has 3 aromatic rings. The number of ether oxygens (including phenoxy) is 2. The van der Waals surface area contributed by atoms with Gasteiger partial charge in [0.1, 0.15) is 5.82 Å². The van der Waals surface area contributed by atoms with E-state index < -0.39 is 6.04 Å². The maximum atomic E-state index is 6.28. The maximum absolute atomic E-state index is 6.28. The van der Waals surface area contributed by atoms with Crippen molar-refractivity contribution in [1.29, 1.82) is 0 Å². The standard InChI is InChI=1S/C19H21ClN4O2/c1-3-25-15-10-7-13(11-16(15)26-4-2)18-22-19(24-23-18)17(21)12-5-8-14(20)9-6-12/h5-11,17H,3-4,21H2,1-2H3,(H,22,23,24). The lowest BCUT2D eigenvalue weighted by Gasteiger charge is -2.11. The molecule has 0 saturated heterocycles. The zero-order valence-electron chi connectivity index (χ0n) is 14.7. The third-order valence-electron chi connectivity index (χ3n) is 3.83. The summed E-state index contributed by atoms with van der Waals surface area (Å²) in [6.45, 7) is 4.98. The number of nitrogens with zero attached hydrogens (tertiary/aromatic N) is 2. The van der Waals surface area contributed by atoms with Crippen LogP contribution in [0.2, 0.25) is 5.02 Å². The largest absolute Gasteiger partial charge is 0.490 e. The molecule has 1 atom stereocenters. The predicted octanol–water partition coefficient (Wildman–Crippen LogP) is 3.97. The minimum Gasteiger partial charge on any atom is -0.490 e. The van der Waals surface area contributed by atoms with Crippen molar-refractivity contribution in [3.05, 3.63) is 58.9 Å². The van der Waals surface area contributed by atoms with Gasteiger partial charge in [-0.2, -0.15) is 5.10 Å². The molecular weight excluding hydrogens is 352 g/mol. The zero-order chi connectivity index (χ0) is 18.5. The fraction of sp³-hybridized carbons (Fsp3) is 0.263.